The van der Waals surface area contributed by atoms with Crippen LogP contribution in [0.1, 0.15) is 49.4 Å². The maximum absolute atomic E-state index is 13.8. The fourth-order valence-corrected chi connectivity index (χ4v) is 5.48. The third-order valence-corrected chi connectivity index (χ3v) is 7.88. The predicted octanol–water partition coefficient (Wildman–Crippen LogP) is 3.92. The van der Waals surface area contributed by atoms with Gasteiger partial charge in [-0.3, -0.25) is 4.79 Å². The molecule has 186 valence electrons. The number of aliphatic carboxylic acids is 1. The maximum Gasteiger partial charge on any atom is 0.322 e. The fraction of sp³-hybridized carbons (Fsp3) is 0.346. The van der Waals surface area contributed by atoms with E-state index in [0.29, 0.717) is 0 Å². The lowest BCUT2D eigenvalue weighted by Gasteiger charge is -2.29. The van der Waals surface area contributed by atoms with Crippen molar-refractivity contribution in [3.05, 3.63) is 83.7 Å². The van der Waals surface area contributed by atoms with Gasteiger partial charge in [0.25, 0.3) is 0 Å². The highest BCUT2D eigenvalue weighted by Crippen LogP contribution is 2.33. The lowest BCUT2D eigenvalue weighted by atomic mass is 9.98. The quantitative estimate of drug-likeness (QED) is 0.303. The molecule has 0 saturated carbocycles. The molecule has 0 aliphatic heterocycles. The number of nitrogens with two attached hydrogens (primary N) is 1. The second-order valence-electron chi connectivity index (χ2n) is 8.52. The molecule has 0 saturated heterocycles. The number of nitrogens with zero attached hydrogens (tertiary/aromatic N) is 2. The molecule has 0 spiro atoms. The molecule has 1 aromatic carbocycles. The zero-order valence-corrected chi connectivity index (χ0v) is 20.7. The van der Waals surface area contributed by atoms with Crippen LogP contribution in [0.15, 0.2) is 71.9 Å². The summed E-state index contributed by atoms with van der Waals surface area (Å²) in [7, 11) is -4.18. The summed E-state index contributed by atoms with van der Waals surface area (Å²) in [5, 5.41) is 11.5. The van der Waals surface area contributed by atoms with Gasteiger partial charge < -0.3 is 16.2 Å². The largest absolute Gasteiger partial charge is 0.480 e. The molecule has 0 aliphatic rings. The molecule has 0 bridgehead atoms. The van der Waals surface area contributed by atoms with Crippen LogP contribution in [0, 0.1) is 0 Å². The minimum atomic E-state index is -4.18. The van der Waals surface area contributed by atoms with Crippen molar-refractivity contribution in [2.45, 2.75) is 55.3 Å². The van der Waals surface area contributed by atoms with E-state index in [-0.39, 0.29) is 29.5 Å². The number of sulfone groups is 1. The Balaban J connectivity index is 2.00. The number of benzene rings is 1. The van der Waals surface area contributed by atoms with Crippen molar-refractivity contribution in [1.82, 2.24) is 9.97 Å². The Morgan fingerprint density at radius 1 is 1.03 bits per heavy atom. The number of hydrogen-bond acceptors (Lipinski definition) is 7. The first-order valence-electron chi connectivity index (χ1n) is 11.7. The smallest absolute Gasteiger partial charge is 0.322 e. The lowest BCUT2D eigenvalue weighted by molar-refractivity contribution is -0.134. The normalized spacial score (nSPS) is 13.2. The number of aromatic nitrogens is 2. The van der Waals surface area contributed by atoms with Gasteiger partial charge in [-0.25, -0.2) is 18.4 Å². The van der Waals surface area contributed by atoms with Crippen molar-refractivity contribution >= 4 is 21.6 Å². The zero-order valence-electron chi connectivity index (χ0n) is 19.9. The Morgan fingerprint density at radius 2 is 1.80 bits per heavy atom. The van der Waals surface area contributed by atoms with Crippen LogP contribution >= 0.6 is 0 Å². The number of unbranched alkanes of at least 4 members (excludes halogenated alkanes) is 3. The van der Waals surface area contributed by atoms with Gasteiger partial charge in [0.1, 0.15) is 12.4 Å². The molecule has 35 heavy (non-hydrogen) atoms. The SMILES string of the molecule is CCCCCCc1cccc(CC(N)(c2cccc(NCC(=O)O)n2)S(=O)(=O)c2ccccn2)c1. The Morgan fingerprint density at radius 3 is 2.51 bits per heavy atom. The van der Waals surface area contributed by atoms with Gasteiger partial charge in [-0.1, -0.05) is 62.6 Å². The zero-order chi connectivity index (χ0) is 25.3. The van der Waals surface area contributed by atoms with Crippen molar-refractivity contribution in [1.29, 1.82) is 0 Å². The van der Waals surface area contributed by atoms with Crippen molar-refractivity contribution in [2.24, 2.45) is 5.73 Å². The summed E-state index contributed by atoms with van der Waals surface area (Å²) >= 11 is 0. The molecule has 0 radical (unpaired) electrons. The summed E-state index contributed by atoms with van der Waals surface area (Å²) in [5.74, 6) is -0.839. The van der Waals surface area contributed by atoms with E-state index in [1.807, 2.05) is 24.3 Å². The van der Waals surface area contributed by atoms with Crippen LogP contribution in [0.2, 0.25) is 0 Å². The molecular weight excluding hydrogens is 464 g/mol. The van der Waals surface area contributed by atoms with Gasteiger partial charge in [-0.05, 0) is 48.2 Å². The fourth-order valence-electron chi connectivity index (χ4n) is 3.91. The number of aryl methyl sites for hydroxylation is 1. The highest BCUT2D eigenvalue weighted by molar-refractivity contribution is 7.92. The molecule has 8 nitrogen and oxygen atoms in total. The molecule has 4 N–H and O–H groups in total. The van der Waals surface area contributed by atoms with Crippen LogP contribution in [-0.4, -0.2) is 36.0 Å². The van der Waals surface area contributed by atoms with Gasteiger partial charge in [0.2, 0.25) is 9.84 Å². The van der Waals surface area contributed by atoms with Gasteiger partial charge in [0.05, 0.1) is 5.69 Å². The topological polar surface area (TPSA) is 135 Å². The van der Waals surface area contributed by atoms with E-state index in [0.717, 1.165) is 36.8 Å². The van der Waals surface area contributed by atoms with Crippen molar-refractivity contribution < 1.29 is 18.3 Å². The van der Waals surface area contributed by atoms with Gasteiger partial charge in [0.15, 0.2) is 9.90 Å². The van der Waals surface area contributed by atoms with Crippen LogP contribution in [0.3, 0.4) is 0 Å². The van der Waals surface area contributed by atoms with Crippen molar-refractivity contribution in [3.63, 3.8) is 0 Å². The summed E-state index contributed by atoms with van der Waals surface area (Å²) in [6, 6.07) is 17.2. The van der Waals surface area contributed by atoms with Crippen LogP contribution in [0.25, 0.3) is 0 Å². The molecule has 2 aromatic heterocycles. The van der Waals surface area contributed by atoms with Gasteiger partial charge in [-0.2, -0.15) is 0 Å². The van der Waals surface area contributed by atoms with Gasteiger partial charge in [0, 0.05) is 12.6 Å². The second-order valence-corrected chi connectivity index (χ2v) is 10.7. The van der Waals surface area contributed by atoms with Gasteiger partial charge >= 0.3 is 5.97 Å². The highest BCUT2D eigenvalue weighted by atomic mass is 32.2. The van der Waals surface area contributed by atoms with E-state index < -0.39 is 20.7 Å². The molecule has 1 unspecified atom stereocenters. The van der Waals surface area contributed by atoms with E-state index in [2.05, 4.69) is 22.2 Å². The molecule has 0 aliphatic carbocycles. The Hall–Kier alpha value is -3.30. The molecule has 0 fully saturated rings. The lowest BCUT2D eigenvalue weighted by Crippen LogP contribution is -2.47. The minimum absolute atomic E-state index is 0.0237. The highest BCUT2D eigenvalue weighted by Gasteiger charge is 2.45. The molecular formula is C26H32N4O4S. The van der Waals surface area contributed by atoms with E-state index in [9.17, 15) is 13.2 Å². The number of nitrogens with one attached hydrogen (secondary N) is 1. The first kappa shape index (κ1) is 26.3. The average molecular weight is 497 g/mol. The Bertz CT molecular complexity index is 1230. The van der Waals surface area contributed by atoms with E-state index >= 15 is 0 Å². The number of carbonyl (C=O) groups is 1. The summed E-state index contributed by atoms with van der Waals surface area (Å²) in [4.78, 5) is 17.5. The molecule has 3 aromatic rings. The summed E-state index contributed by atoms with van der Waals surface area (Å²) in [5.41, 5.74) is 8.74. The van der Waals surface area contributed by atoms with Crippen LogP contribution < -0.4 is 11.1 Å². The Kier molecular flexibility index (Phi) is 8.95. The number of hydrogen-bond donors (Lipinski definition) is 3. The van der Waals surface area contributed by atoms with Crippen molar-refractivity contribution in [3.8, 4) is 0 Å². The monoisotopic (exact) mass is 496 g/mol. The van der Waals surface area contributed by atoms with E-state index in [1.54, 1.807) is 30.3 Å². The molecule has 3 rings (SSSR count). The van der Waals surface area contributed by atoms with Crippen molar-refractivity contribution in [2.75, 3.05) is 11.9 Å². The minimum Gasteiger partial charge on any atom is -0.480 e. The second kappa shape index (κ2) is 11.9. The number of rotatable bonds is 13. The molecule has 0 amide bonds. The maximum atomic E-state index is 13.8. The average Bonchev–Trinajstić information content (AvgIpc) is 2.86. The number of pyridine rings is 2. The van der Waals surface area contributed by atoms with Crippen LogP contribution in [-0.2, 0) is 32.3 Å². The summed E-state index contributed by atoms with van der Waals surface area (Å²) < 4.78 is 27.6. The van der Waals surface area contributed by atoms with E-state index in [1.165, 1.54) is 18.7 Å². The first-order valence-corrected chi connectivity index (χ1v) is 13.2. The Labute approximate surface area is 206 Å². The predicted molar refractivity (Wildman–Crippen MR) is 136 cm³/mol. The standard InChI is InChI=1S/C26H32N4O4S/c1-2-3-4-5-10-20-11-8-12-21(17-20)18-26(27,35(33,34)24-15-6-7-16-28-24)22-13-9-14-23(30-22)29-19-25(31)32/h6-9,11-17H,2-5,10,18-19,27H2,1H3,(H,29,30)(H,31,32). The first-order chi connectivity index (χ1) is 16.8. The number of carboxylic acids is 1. The molecule has 1 atom stereocenters. The van der Waals surface area contributed by atoms with Crippen LogP contribution in [0.5, 0.6) is 0 Å². The third-order valence-electron chi connectivity index (χ3n) is 5.77. The molecule has 2 heterocycles. The molecule has 9 heteroatoms. The summed E-state index contributed by atoms with van der Waals surface area (Å²) in [6.07, 6.45) is 6.85. The van der Waals surface area contributed by atoms with Crippen LogP contribution in [0.4, 0.5) is 5.82 Å². The van der Waals surface area contributed by atoms with E-state index in [4.69, 9.17) is 10.8 Å². The number of anilines is 1. The van der Waals surface area contributed by atoms with Gasteiger partial charge in [-0.15, -0.1) is 0 Å². The summed E-state index contributed by atoms with van der Waals surface area (Å²) in [6.45, 7) is 1.81. The third kappa shape index (κ3) is 6.64. The number of carboxylic acid groups (broad SMARTS) is 1.